The van der Waals surface area contributed by atoms with Crippen molar-refractivity contribution < 1.29 is 0 Å². The number of nitrogens with zero attached hydrogens (tertiary/aromatic N) is 4. The highest BCUT2D eigenvalue weighted by Gasteiger charge is 1.96. The first-order chi connectivity index (χ1) is 24.4. The Kier molecular flexibility index (Phi) is 13.1. The smallest absolute Gasteiger partial charge is 0.0813 e. The lowest BCUT2D eigenvalue weighted by Crippen LogP contribution is -1.87. The first-order valence-corrected chi connectivity index (χ1v) is 17.1. The van der Waals surface area contributed by atoms with Crippen molar-refractivity contribution in [3.63, 3.8) is 0 Å². The topological polar surface area (TPSA) is 51.6 Å². The van der Waals surface area contributed by atoms with Gasteiger partial charge < -0.3 is 0 Å². The van der Waals surface area contributed by atoms with Gasteiger partial charge >= 0.3 is 0 Å². The van der Waals surface area contributed by atoms with Crippen LogP contribution in [0.1, 0.15) is 81.1 Å². The molecule has 4 heteroatoms. The molecule has 6 rings (SSSR count). The van der Waals surface area contributed by atoms with E-state index in [1.54, 1.807) is 24.8 Å². The number of aryl methyl sites for hydroxylation is 4. The summed E-state index contributed by atoms with van der Waals surface area (Å²) in [6, 6.07) is 33.9. The summed E-state index contributed by atoms with van der Waals surface area (Å²) in [7, 11) is 0. The van der Waals surface area contributed by atoms with E-state index in [0.29, 0.717) is 0 Å². The number of hydrogen-bond acceptors (Lipinski definition) is 4. The fourth-order valence-corrected chi connectivity index (χ4v) is 4.85. The molecule has 248 valence electrons. The summed E-state index contributed by atoms with van der Waals surface area (Å²) in [6.07, 6.45) is 25.5. The van der Waals surface area contributed by atoms with Crippen molar-refractivity contribution in [2.45, 2.75) is 40.5 Å². The molecule has 6 aromatic rings. The maximum atomic E-state index is 4.47. The third-order valence-electron chi connectivity index (χ3n) is 8.10. The van der Waals surface area contributed by atoms with Crippen molar-refractivity contribution in [2.24, 2.45) is 0 Å². The van der Waals surface area contributed by atoms with Gasteiger partial charge in [0.1, 0.15) is 0 Å². The molecule has 0 unspecified atom stereocenters. The molecular formula is C46H44N4. The zero-order valence-corrected chi connectivity index (χ0v) is 29.4. The van der Waals surface area contributed by atoms with Crippen LogP contribution in [0.25, 0.3) is 48.6 Å². The molecule has 0 bridgehead atoms. The van der Waals surface area contributed by atoms with E-state index in [9.17, 15) is 0 Å². The Balaban J connectivity index is 0.000000195. The van der Waals surface area contributed by atoms with Gasteiger partial charge in [-0.15, -0.1) is 0 Å². The van der Waals surface area contributed by atoms with Crippen molar-refractivity contribution in [1.82, 2.24) is 19.9 Å². The molecule has 0 atom stereocenters. The lowest BCUT2D eigenvalue weighted by atomic mass is 10.1. The SMILES string of the molecule is CCc1ccc(C=Cc2cnc(C=Cc3ccc(CC)cc3)cn2)cc1.Cc1ccc(C=Cc2cnc(C=Cc3ccc(C)cc3)cn2)cc1. The monoisotopic (exact) mass is 652 g/mol. The Bertz CT molecular complexity index is 1860. The lowest BCUT2D eigenvalue weighted by Gasteiger charge is -1.99. The molecular weight excluding hydrogens is 609 g/mol. The van der Waals surface area contributed by atoms with E-state index in [4.69, 9.17) is 0 Å². The minimum atomic E-state index is 0.850. The van der Waals surface area contributed by atoms with E-state index in [0.717, 1.165) is 46.7 Å². The molecule has 0 radical (unpaired) electrons. The summed E-state index contributed by atoms with van der Waals surface area (Å²) in [5.74, 6) is 0. The normalized spacial score (nSPS) is 11.4. The fraction of sp³-hybridized carbons (Fsp3) is 0.130. The first kappa shape index (κ1) is 35.3. The number of rotatable bonds is 10. The van der Waals surface area contributed by atoms with Crippen molar-refractivity contribution in [1.29, 1.82) is 0 Å². The van der Waals surface area contributed by atoms with Crippen LogP contribution in [0.3, 0.4) is 0 Å². The Hall–Kier alpha value is -6.00. The van der Waals surface area contributed by atoms with Gasteiger partial charge in [-0.25, -0.2) is 0 Å². The fourth-order valence-electron chi connectivity index (χ4n) is 4.85. The summed E-state index contributed by atoms with van der Waals surface area (Å²) < 4.78 is 0. The van der Waals surface area contributed by atoms with Gasteiger partial charge in [0.2, 0.25) is 0 Å². The average molecular weight is 653 g/mol. The van der Waals surface area contributed by atoms with Crippen LogP contribution >= 0.6 is 0 Å². The van der Waals surface area contributed by atoms with Crippen LogP contribution in [0.15, 0.2) is 122 Å². The molecule has 2 heterocycles. The molecule has 0 spiro atoms. The summed E-state index contributed by atoms with van der Waals surface area (Å²) in [6.45, 7) is 8.50. The van der Waals surface area contributed by atoms with Crippen molar-refractivity contribution in [2.75, 3.05) is 0 Å². The van der Waals surface area contributed by atoms with Gasteiger partial charge in [0.05, 0.1) is 47.6 Å². The molecule has 0 aliphatic rings. The van der Waals surface area contributed by atoms with Crippen LogP contribution in [0, 0.1) is 13.8 Å². The quantitative estimate of drug-likeness (QED) is 0.148. The molecule has 0 saturated carbocycles. The van der Waals surface area contributed by atoms with E-state index in [-0.39, 0.29) is 0 Å². The predicted octanol–water partition coefficient (Wildman–Crippen LogP) is 11.4. The van der Waals surface area contributed by atoms with Crippen molar-refractivity contribution in [3.8, 4) is 0 Å². The van der Waals surface area contributed by atoms with E-state index in [1.165, 1.54) is 33.4 Å². The van der Waals surface area contributed by atoms with Crippen molar-refractivity contribution >= 4 is 48.6 Å². The molecule has 0 N–H and O–H groups in total. The first-order valence-electron chi connectivity index (χ1n) is 17.1. The number of benzene rings is 4. The van der Waals surface area contributed by atoms with Gasteiger partial charge in [-0.3, -0.25) is 19.9 Å². The molecule has 4 aromatic carbocycles. The largest absolute Gasteiger partial charge is 0.253 e. The van der Waals surface area contributed by atoms with Crippen LogP contribution in [-0.4, -0.2) is 19.9 Å². The summed E-state index contributed by atoms with van der Waals surface area (Å²) in [5, 5.41) is 0. The van der Waals surface area contributed by atoms with Crippen molar-refractivity contribution in [3.05, 3.63) is 189 Å². The number of aromatic nitrogens is 4. The zero-order chi connectivity index (χ0) is 35.0. The molecule has 0 fully saturated rings. The van der Waals surface area contributed by atoms with Crippen LogP contribution < -0.4 is 0 Å². The van der Waals surface area contributed by atoms with Gasteiger partial charge in [0.25, 0.3) is 0 Å². The van der Waals surface area contributed by atoms with E-state index >= 15 is 0 Å². The van der Waals surface area contributed by atoms with Gasteiger partial charge in [-0.1, -0.05) is 146 Å². The van der Waals surface area contributed by atoms with Gasteiger partial charge in [0, 0.05) is 0 Å². The summed E-state index contributed by atoms with van der Waals surface area (Å²) in [4.78, 5) is 17.8. The number of hydrogen-bond donors (Lipinski definition) is 0. The maximum Gasteiger partial charge on any atom is 0.0813 e. The van der Waals surface area contributed by atoms with Gasteiger partial charge in [0.15, 0.2) is 0 Å². The Morgan fingerprint density at radius 2 is 0.580 bits per heavy atom. The average Bonchev–Trinajstić information content (AvgIpc) is 3.17. The van der Waals surface area contributed by atoms with Crippen LogP contribution in [0.4, 0.5) is 0 Å². The summed E-state index contributed by atoms with van der Waals surface area (Å²) >= 11 is 0. The molecule has 50 heavy (non-hydrogen) atoms. The molecule has 0 aliphatic heterocycles. The molecule has 0 aliphatic carbocycles. The van der Waals surface area contributed by atoms with E-state index in [2.05, 4.69) is 157 Å². The van der Waals surface area contributed by atoms with Crippen LogP contribution in [0.2, 0.25) is 0 Å². The minimum Gasteiger partial charge on any atom is -0.253 e. The zero-order valence-electron chi connectivity index (χ0n) is 29.4. The Morgan fingerprint density at radius 1 is 0.340 bits per heavy atom. The molecule has 4 nitrogen and oxygen atoms in total. The molecule has 0 saturated heterocycles. The van der Waals surface area contributed by atoms with Crippen LogP contribution in [-0.2, 0) is 12.8 Å². The van der Waals surface area contributed by atoms with Gasteiger partial charge in [-0.05, 0) is 84.4 Å². The van der Waals surface area contributed by atoms with E-state index in [1.807, 2.05) is 36.5 Å². The third-order valence-corrected chi connectivity index (χ3v) is 8.10. The molecule has 2 aromatic heterocycles. The van der Waals surface area contributed by atoms with Crippen LogP contribution in [0.5, 0.6) is 0 Å². The van der Waals surface area contributed by atoms with Gasteiger partial charge in [-0.2, -0.15) is 0 Å². The maximum absolute atomic E-state index is 4.47. The summed E-state index contributed by atoms with van der Waals surface area (Å²) in [5.41, 5.74) is 13.3. The van der Waals surface area contributed by atoms with E-state index < -0.39 is 0 Å². The second-order valence-corrected chi connectivity index (χ2v) is 12.1. The minimum absolute atomic E-state index is 0.850. The second kappa shape index (κ2) is 18.5. The molecule has 0 amide bonds. The predicted molar refractivity (Wildman–Crippen MR) is 214 cm³/mol. The highest BCUT2D eigenvalue weighted by molar-refractivity contribution is 5.71. The lowest BCUT2D eigenvalue weighted by molar-refractivity contribution is 1.14. The standard InChI is InChI=1S/C24H24N2.C22H20N2/c1-3-19-5-9-21(10-6-19)13-15-23-17-26-24(18-25-23)16-14-22-11-7-20(4-2)8-12-22;1-17-3-7-19(8-4-17)11-13-21-15-24-22(16-23-21)14-12-20-9-5-18(2)6-10-20/h5-18H,3-4H2,1-2H3;3-16H,1-2H3. The Labute approximate surface area is 297 Å². The highest BCUT2D eigenvalue weighted by Crippen LogP contribution is 2.13. The highest BCUT2D eigenvalue weighted by atomic mass is 14.8. The third kappa shape index (κ3) is 11.6. The second-order valence-electron chi connectivity index (χ2n) is 12.1. The Morgan fingerprint density at radius 3 is 0.800 bits per heavy atom.